The third kappa shape index (κ3) is 4.84. The molecule has 1 aliphatic heterocycles. The Bertz CT molecular complexity index is 1160. The standard InChI is InChI=1S/C23H27N5O3S/c1-16-14-28(15-17(2)26-16)19-7-10-22(31-3)21(13-19)27-32(29,30)20-8-5-18(6-9-20)23-24-11-4-12-25-23/h4-13,16-17,26-27H,14-15H2,1-3H3/t16-,17+. The van der Waals surface area contributed by atoms with Gasteiger partial charge in [0.25, 0.3) is 10.0 Å². The van der Waals surface area contributed by atoms with Crippen molar-refractivity contribution in [2.75, 3.05) is 29.8 Å². The molecule has 2 N–H and O–H groups in total. The van der Waals surface area contributed by atoms with Gasteiger partial charge in [-0.25, -0.2) is 18.4 Å². The van der Waals surface area contributed by atoms with E-state index in [0.717, 1.165) is 24.3 Å². The Morgan fingerprint density at radius 2 is 1.69 bits per heavy atom. The molecule has 2 aromatic carbocycles. The summed E-state index contributed by atoms with van der Waals surface area (Å²) < 4.78 is 34.3. The number of benzene rings is 2. The molecule has 0 unspecified atom stereocenters. The van der Waals surface area contributed by atoms with Crippen molar-refractivity contribution in [3.8, 4) is 17.1 Å². The quantitative estimate of drug-likeness (QED) is 0.592. The molecule has 0 spiro atoms. The van der Waals surface area contributed by atoms with Crippen molar-refractivity contribution in [1.82, 2.24) is 15.3 Å². The third-order valence-electron chi connectivity index (χ3n) is 5.34. The smallest absolute Gasteiger partial charge is 0.262 e. The monoisotopic (exact) mass is 453 g/mol. The van der Waals surface area contributed by atoms with E-state index in [1.165, 1.54) is 7.11 Å². The number of sulfonamides is 1. The maximum absolute atomic E-state index is 13.1. The van der Waals surface area contributed by atoms with E-state index in [4.69, 9.17) is 4.74 Å². The van der Waals surface area contributed by atoms with E-state index in [2.05, 4.69) is 38.8 Å². The van der Waals surface area contributed by atoms with E-state index in [9.17, 15) is 8.42 Å². The fourth-order valence-corrected chi connectivity index (χ4v) is 5.01. The van der Waals surface area contributed by atoms with Crippen molar-refractivity contribution in [2.24, 2.45) is 0 Å². The van der Waals surface area contributed by atoms with Crippen LogP contribution in [0.15, 0.2) is 65.8 Å². The van der Waals surface area contributed by atoms with Crippen LogP contribution in [-0.4, -0.2) is 50.7 Å². The molecule has 32 heavy (non-hydrogen) atoms. The fourth-order valence-electron chi connectivity index (χ4n) is 3.95. The number of hydrogen-bond acceptors (Lipinski definition) is 7. The number of hydrogen-bond donors (Lipinski definition) is 2. The van der Waals surface area contributed by atoms with Gasteiger partial charge < -0.3 is 15.0 Å². The minimum atomic E-state index is -3.82. The van der Waals surface area contributed by atoms with E-state index in [-0.39, 0.29) is 4.90 Å². The van der Waals surface area contributed by atoms with Gasteiger partial charge in [0.05, 0.1) is 17.7 Å². The molecule has 9 heteroatoms. The highest BCUT2D eigenvalue weighted by Crippen LogP contribution is 2.32. The molecule has 8 nitrogen and oxygen atoms in total. The maximum atomic E-state index is 13.1. The first-order chi connectivity index (χ1) is 15.4. The highest BCUT2D eigenvalue weighted by Gasteiger charge is 2.23. The molecule has 2 atom stereocenters. The Hall–Kier alpha value is -3.17. The van der Waals surface area contributed by atoms with Gasteiger partial charge in [0.1, 0.15) is 5.75 Å². The summed E-state index contributed by atoms with van der Waals surface area (Å²) in [5.74, 6) is 1.00. The van der Waals surface area contributed by atoms with Gasteiger partial charge in [-0.15, -0.1) is 0 Å². The maximum Gasteiger partial charge on any atom is 0.262 e. The van der Waals surface area contributed by atoms with E-state index in [1.54, 1.807) is 48.8 Å². The van der Waals surface area contributed by atoms with Gasteiger partial charge in [0.2, 0.25) is 0 Å². The van der Waals surface area contributed by atoms with Gasteiger partial charge in [-0.2, -0.15) is 0 Å². The average molecular weight is 454 g/mol. The lowest BCUT2D eigenvalue weighted by Gasteiger charge is -2.38. The van der Waals surface area contributed by atoms with Gasteiger partial charge in [-0.3, -0.25) is 4.72 Å². The lowest BCUT2D eigenvalue weighted by atomic mass is 10.1. The second-order valence-corrected chi connectivity index (χ2v) is 9.64. The van der Waals surface area contributed by atoms with Gasteiger partial charge in [0.15, 0.2) is 5.82 Å². The molecule has 2 heterocycles. The Morgan fingerprint density at radius 1 is 1.03 bits per heavy atom. The van der Waals surface area contributed by atoms with Crippen LogP contribution in [0.5, 0.6) is 5.75 Å². The lowest BCUT2D eigenvalue weighted by Crippen LogP contribution is -2.54. The summed E-state index contributed by atoms with van der Waals surface area (Å²) in [6, 6.07) is 14.5. The minimum Gasteiger partial charge on any atom is -0.495 e. The number of ether oxygens (including phenoxy) is 1. The molecule has 0 bridgehead atoms. The number of nitrogens with one attached hydrogen (secondary N) is 2. The number of piperazine rings is 1. The van der Waals surface area contributed by atoms with Gasteiger partial charge in [-0.1, -0.05) is 0 Å². The summed E-state index contributed by atoms with van der Waals surface area (Å²) in [5.41, 5.74) is 2.09. The van der Waals surface area contributed by atoms with Crippen molar-refractivity contribution >= 4 is 21.4 Å². The van der Waals surface area contributed by atoms with Crippen LogP contribution >= 0.6 is 0 Å². The van der Waals surface area contributed by atoms with Gasteiger partial charge in [0, 0.05) is 48.8 Å². The molecule has 1 aliphatic rings. The molecule has 0 aliphatic carbocycles. The van der Waals surface area contributed by atoms with Crippen LogP contribution in [0.4, 0.5) is 11.4 Å². The molecule has 0 saturated carbocycles. The first-order valence-corrected chi connectivity index (χ1v) is 11.9. The number of nitrogens with zero attached hydrogens (tertiary/aromatic N) is 3. The predicted molar refractivity (Wildman–Crippen MR) is 126 cm³/mol. The number of rotatable bonds is 6. The third-order valence-corrected chi connectivity index (χ3v) is 6.72. The second-order valence-electron chi connectivity index (χ2n) is 7.96. The SMILES string of the molecule is COc1ccc(N2C[C@@H](C)N[C@@H](C)C2)cc1NS(=O)(=O)c1ccc(-c2ncccn2)cc1. The summed E-state index contributed by atoms with van der Waals surface area (Å²) in [5, 5.41) is 3.51. The van der Waals surface area contributed by atoms with Gasteiger partial charge >= 0.3 is 0 Å². The van der Waals surface area contributed by atoms with Crippen molar-refractivity contribution in [3.05, 3.63) is 60.9 Å². The zero-order valence-corrected chi connectivity index (χ0v) is 19.1. The summed E-state index contributed by atoms with van der Waals surface area (Å²) >= 11 is 0. The van der Waals surface area contributed by atoms with Crippen LogP contribution < -0.4 is 19.7 Å². The van der Waals surface area contributed by atoms with E-state index in [1.807, 2.05) is 12.1 Å². The van der Waals surface area contributed by atoms with E-state index in [0.29, 0.717) is 29.3 Å². The molecule has 3 aromatic rings. The van der Waals surface area contributed by atoms with Crippen LogP contribution in [-0.2, 0) is 10.0 Å². The zero-order valence-electron chi connectivity index (χ0n) is 18.3. The largest absolute Gasteiger partial charge is 0.495 e. The Balaban J connectivity index is 1.59. The second kappa shape index (κ2) is 9.13. The summed E-state index contributed by atoms with van der Waals surface area (Å²) in [6.07, 6.45) is 3.29. The Kier molecular flexibility index (Phi) is 6.29. The van der Waals surface area contributed by atoms with Crippen molar-refractivity contribution in [3.63, 3.8) is 0 Å². The average Bonchev–Trinajstić information content (AvgIpc) is 2.79. The number of aromatic nitrogens is 2. The molecule has 1 fully saturated rings. The Labute approximate surface area is 188 Å². The Morgan fingerprint density at radius 3 is 2.31 bits per heavy atom. The minimum absolute atomic E-state index is 0.147. The first kappa shape index (κ1) is 22.0. The van der Waals surface area contributed by atoms with Crippen LogP contribution in [0.25, 0.3) is 11.4 Å². The molecular formula is C23H27N5O3S. The highest BCUT2D eigenvalue weighted by atomic mass is 32.2. The predicted octanol–water partition coefficient (Wildman–Crippen LogP) is 3.14. The van der Waals surface area contributed by atoms with Crippen LogP contribution in [0.1, 0.15) is 13.8 Å². The van der Waals surface area contributed by atoms with Crippen LogP contribution in [0.3, 0.4) is 0 Å². The molecule has 1 aromatic heterocycles. The van der Waals surface area contributed by atoms with Crippen molar-refractivity contribution < 1.29 is 13.2 Å². The molecule has 4 rings (SSSR count). The van der Waals surface area contributed by atoms with Crippen LogP contribution in [0, 0.1) is 0 Å². The highest BCUT2D eigenvalue weighted by molar-refractivity contribution is 7.92. The summed E-state index contributed by atoms with van der Waals surface area (Å²) in [6.45, 7) is 5.96. The van der Waals surface area contributed by atoms with Gasteiger partial charge in [-0.05, 0) is 62.4 Å². The first-order valence-electron chi connectivity index (χ1n) is 10.4. The van der Waals surface area contributed by atoms with E-state index >= 15 is 0 Å². The van der Waals surface area contributed by atoms with Crippen LogP contribution in [0.2, 0.25) is 0 Å². The zero-order chi connectivity index (χ0) is 22.7. The normalized spacial score (nSPS) is 18.9. The molecular weight excluding hydrogens is 426 g/mol. The summed E-state index contributed by atoms with van der Waals surface area (Å²) in [4.78, 5) is 10.8. The fraction of sp³-hybridized carbons (Fsp3) is 0.304. The number of methoxy groups -OCH3 is 1. The molecule has 0 radical (unpaired) electrons. The molecule has 1 saturated heterocycles. The molecule has 0 amide bonds. The van der Waals surface area contributed by atoms with Crippen molar-refractivity contribution in [2.45, 2.75) is 30.8 Å². The number of anilines is 2. The lowest BCUT2D eigenvalue weighted by molar-refractivity contribution is 0.406. The summed E-state index contributed by atoms with van der Waals surface area (Å²) in [7, 11) is -2.29. The topological polar surface area (TPSA) is 96.5 Å². The molecule has 168 valence electrons. The van der Waals surface area contributed by atoms with Crippen molar-refractivity contribution in [1.29, 1.82) is 0 Å². The van der Waals surface area contributed by atoms with E-state index < -0.39 is 10.0 Å².